The number of carbonyl (C=O) groups is 1. The summed E-state index contributed by atoms with van der Waals surface area (Å²) < 4.78 is 7.09. The average molecular weight is 279 g/mol. The lowest BCUT2D eigenvalue weighted by Gasteiger charge is -2.27. The van der Waals surface area contributed by atoms with Crippen LogP contribution in [0, 0.1) is 20.8 Å². The molecule has 1 aliphatic rings. The first-order chi connectivity index (χ1) is 9.45. The number of rotatable bonds is 4. The Kier molecular flexibility index (Phi) is 4.18. The Morgan fingerprint density at radius 3 is 2.70 bits per heavy atom. The monoisotopic (exact) mass is 279 g/mol. The van der Waals surface area contributed by atoms with Crippen molar-refractivity contribution in [2.45, 2.75) is 58.5 Å². The number of aryl methyl sites for hydroxylation is 1. The van der Waals surface area contributed by atoms with Gasteiger partial charge >= 0.3 is 5.97 Å². The summed E-state index contributed by atoms with van der Waals surface area (Å²) in [6.45, 7) is 9.01. The number of methoxy groups -OCH3 is 1. The zero-order valence-electron chi connectivity index (χ0n) is 13.1. The summed E-state index contributed by atoms with van der Waals surface area (Å²) in [5.41, 5.74) is 2.96. The van der Waals surface area contributed by atoms with E-state index in [4.69, 9.17) is 4.74 Å². The molecule has 112 valence electrons. The molecule has 1 fully saturated rings. The number of ether oxygens (including phenoxy) is 1. The van der Waals surface area contributed by atoms with Gasteiger partial charge in [0.25, 0.3) is 0 Å². The number of aromatic nitrogens is 2. The van der Waals surface area contributed by atoms with E-state index >= 15 is 0 Å². The highest BCUT2D eigenvalue weighted by molar-refractivity contribution is 5.81. The SMILES string of the molecule is CCNC1(C(=O)OC)CCC(n2nc(C)c(C)c2C)C1. The summed E-state index contributed by atoms with van der Waals surface area (Å²) in [5, 5.41) is 7.97. The molecule has 0 bridgehead atoms. The van der Waals surface area contributed by atoms with Gasteiger partial charge in [-0.1, -0.05) is 6.92 Å². The Bertz CT molecular complexity index is 509. The highest BCUT2D eigenvalue weighted by Crippen LogP contribution is 2.39. The summed E-state index contributed by atoms with van der Waals surface area (Å²) in [6, 6.07) is 0.264. The molecular weight excluding hydrogens is 254 g/mol. The van der Waals surface area contributed by atoms with E-state index in [1.54, 1.807) is 0 Å². The van der Waals surface area contributed by atoms with Gasteiger partial charge in [0.1, 0.15) is 5.54 Å². The molecule has 1 saturated carbocycles. The molecule has 2 unspecified atom stereocenters. The Morgan fingerprint density at radius 2 is 2.20 bits per heavy atom. The van der Waals surface area contributed by atoms with Crippen molar-refractivity contribution >= 4 is 5.97 Å². The van der Waals surface area contributed by atoms with Crippen LogP contribution in [-0.4, -0.2) is 34.9 Å². The van der Waals surface area contributed by atoms with Crippen LogP contribution in [0.1, 0.15) is 49.2 Å². The molecule has 1 N–H and O–H groups in total. The second kappa shape index (κ2) is 5.56. The smallest absolute Gasteiger partial charge is 0.326 e. The predicted octanol–water partition coefficient (Wildman–Crippen LogP) is 2.05. The van der Waals surface area contributed by atoms with Crippen LogP contribution >= 0.6 is 0 Å². The van der Waals surface area contributed by atoms with Crippen molar-refractivity contribution in [1.82, 2.24) is 15.1 Å². The summed E-state index contributed by atoms with van der Waals surface area (Å²) in [4.78, 5) is 12.1. The number of carbonyl (C=O) groups excluding carboxylic acids is 1. The van der Waals surface area contributed by atoms with Gasteiger partial charge in [-0.25, -0.2) is 0 Å². The van der Waals surface area contributed by atoms with Crippen LogP contribution in [0.3, 0.4) is 0 Å². The van der Waals surface area contributed by atoms with Crippen molar-refractivity contribution in [3.8, 4) is 0 Å². The van der Waals surface area contributed by atoms with Gasteiger partial charge in [-0.15, -0.1) is 0 Å². The standard InChI is InChI=1S/C15H25N3O2/c1-6-16-15(14(19)20-5)8-7-13(9-15)18-12(4)10(2)11(3)17-18/h13,16H,6-9H2,1-5H3. The van der Waals surface area contributed by atoms with Crippen LogP contribution in [0.15, 0.2) is 0 Å². The van der Waals surface area contributed by atoms with E-state index in [2.05, 4.69) is 28.9 Å². The van der Waals surface area contributed by atoms with Gasteiger partial charge in [-0.2, -0.15) is 5.10 Å². The Balaban J connectivity index is 2.26. The fraction of sp³-hybridized carbons (Fsp3) is 0.733. The minimum atomic E-state index is -0.547. The highest BCUT2D eigenvalue weighted by atomic mass is 16.5. The molecule has 1 aromatic heterocycles. The highest BCUT2D eigenvalue weighted by Gasteiger charge is 2.46. The van der Waals surface area contributed by atoms with Crippen LogP contribution in [0.2, 0.25) is 0 Å². The third-order valence-corrected chi connectivity index (χ3v) is 4.61. The van der Waals surface area contributed by atoms with Gasteiger partial charge in [-0.3, -0.25) is 9.48 Å². The number of hydrogen-bond acceptors (Lipinski definition) is 4. The number of nitrogens with one attached hydrogen (secondary N) is 1. The number of hydrogen-bond donors (Lipinski definition) is 1. The second-order valence-corrected chi connectivity index (χ2v) is 5.74. The van der Waals surface area contributed by atoms with E-state index in [1.807, 2.05) is 13.8 Å². The summed E-state index contributed by atoms with van der Waals surface area (Å²) in [5.74, 6) is -0.153. The molecule has 1 heterocycles. The topological polar surface area (TPSA) is 56.1 Å². The van der Waals surface area contributed by atoms with Crippen molar-refractivity contribution in [1.29, 1.82) is 0 Å². The van der Waals surface area contributed by atoms with Gasteiger partial charge in [-0.05, 0) is 52.1 Å². The lowest BCUT2D eigenvalue weighted by molar-refractivity contribution is -0.148. The molecule has 0 saturated heterocycles. The zero-order chi connectivity index (χ0) is 14.9. The molecule has 2 atom stereocenters. The van der Waals surface area contributed by atoms with Crippen molar-refractivity contribution in [2.75, 3.05) is 13.7 Å². The fourth-order valence-corrected chi connectivity index (χ4v) is 3.28. The van der Waals surface area contributed by atoms with Crippen molar-refractivity contribution in [3.63, 3.8) is 0 Å². The van der Waals surface area contributed by atoms with Gasteiger partial charge in [0.2, 0.25) is 0 Å². The molecule has 0 amide bonds. The zero-order valence-corrected chi connectivity index (χ0v) is 13.1. The molecule has 0 spiro atoms. The Morgan fingerprint density at radius 1 is 1.50 bits per heavy atom. The quantitative estimate of drug-likeness (QED) is 0.857. The number of esters is 1. The molecule has 1 aliphatic carbocycles. The normalized spacial score (nSPS) is 25.9. The molecule has 1 aromatic rings. The number of nitrogens with zero attached hydrogens (tertiary/aromatic N) is 2. The summed E-state index contributed by atoms with van der Waals surface area (Å²) in [6.07, 6.45) is 2.49. The lowest BCUT2D eigenvalue weighted by Crippen LogP contribution is -2.50. The van der Waals surface area contributed by atoms with E-state index in [-0.39, 0.29) is 12.0 Å². The Hall–Kier alpha value is -1.36. The third-order valence-electron chi connectivity index (χ3n) is 4.61. The average Bonchev–Trinajstić information content (AvgIpc) is 2.96. The predicted molar refractivity (Wildman–Crippen MR) is 77.7 cm³/mol. The maximum atomic E-state index is 12.1. The van der Waals surface area contributed by atoms with Crippen LogP contribution < -0.4 is 5.32 Å². The first-order valence-electron chi connectivity index (χ1n) is 7.31. The first-order valence-corrected chi connectivity index (χ1v) is 7.31. The van der Waals surface area contributed by atoms with E-state index in [0.717, 1.165) is 31.5 Å². The van der Waals surface area contributed by atoms with Crippen molar-refractivity contribution in [3.05, 3.63) is 17.0 Å². The molecule has 5 nitrogen and oxygen atoms in total. The van der Waals surface area contributed by atoms with E-state index in [1.165, 1.54) is 18.4 Å². The van der Waals surface area contributed by atoms with Crippen molar-refractivity contribution < 1.29 is 9.53 Å². The van der Waals surface area contributed by atoms with Gasteiger partial charge in [0, 0.05) is 5.69 Å². The minimum Gasteiger partial charge on any atom is -0.468 e. The number of likely N-dealkylation sites (N-methyl/N-ethyl adjacent to an activating group) is 1. The van der Waals surface area contributed by atoms with Gasteiger partial charge in [0.05, 0.1) is 18.8 Å². The molecule has 2 rings (SSSR count). The van der Waals surface area contributed by atoms with Crippen LogP contribution in [0.5, 0.6) is 0 Å². The largest absolute Gasteiger partial charge is 0.468 e. The van der Waals surface area contributed by atoms with Crippen LogP contribution in [0.4, 0.5) is 0 Å². The Labute approximate surface area is 120 Å². The molecule has 0 radical (unpaired) electrons. The molecule has 0 aromatic carbocycles. The van der Waals surface area contributed by atoms with E-state index in [9.17, 15) is 4.79 Å². The van der Waals surface area contributed by atoms with Gasteiger partial charge in [0.15, 0.2) is 0 Å². The molecular formula is C15H25N3O2. The van der Waals surface area contributed by atoms with E-state index < -0.39 is 5.54 Å². The van der Waals surface area contributed by atoms with Gasteiger partial charge < -0.3 is 10.1 Å². The van der Waals surface area contributed by atoms with E-state index in [0.29, 0.717) is 0 Å². The summed E-state index contributed by atoms with van der Waals surface area (Å²) >= 11 is 0. The summed E-state index contributed by atoms with van der Waals surface area (Å²) in [7, 11) is 1.46. The minimum absolute atomic E-state index is 0.153. The molecule has 20 heavy (non-hydrogen) atoms. The lowest BCUT2D eigenvalue weighted by atomic mass is 9.97. The maximum Gasteiger partial charge on any atom is 0.326 e. The molecule has 5 heteroatoms. The second-order valence-electron chi connectivity index (χ2n) is 5.74. The maximum absolute atomic E-state index is 12.1. The molecule has 0 aliphatic heterocycles. The first kappa shape index (κ1) is 15.0. The third kappa shape index (κ3) is 2.35. The van der Waals surface area contributed by atoms with Crippen LogP contribution in [-0.2, 0) is 9.53 Å². The van der Waals surface area contributed by atoms with Crippen LogP contribution in [0.25, 0.3) is 0 Å². The van der Waals surface area contributed by atoms with Crippen molar-refractivity contribution in [2.24, 2.45) is 0 Å². The fourth-order valence-electron chi connectivity index (χ4n) is 3.28.